The molecule has 0 N–H and O–H groups in total. The van der Waals surface area contributed by atoms with E-state index < -0.39 is 10.0 Å². The van der Waals surface area contributed by atoms with Gasteiger partial charge >= 0.3 is 5.97 Å². The van der Waals surface area contributed by atoms with Crippen LogP contribution in [0.3, 0.4) is 0 Å². The highest BCUT2D eigenvalue weighted by Gasteiger charge is 2.20. The maximum absolute atomic E-state index is 12.5. The second kappa shape index (κ2) is 10.5. The molecule has 2 rings (SSSR count). The van der Waals surface area contributed by atoms with Gasteiger partial charge in [0.1, 0.15) is 0 Å². The van der Waals surface area contributed by atoms with Gasteiger partial charge in [-0.3, -0.25) is 9.10 Å². The Hall–Kier alpha value is -2.05. The molecule has 2 aromatic rings. The second-order valence-electron chi connectivity index (χ2n) is 6.32. The van der Waals surface area contributed by atoms with Crippen LogP contribution in [-0.2, 0) is 32.4 Å². The van der Waals surface area contributed by atoms with Crippen LogP contribution in [-0.4, -0.2) is 33.3 Å². The van der Waals surface area contributed by atoms with Gasteiger partial charge < -0.3 is 4.74 Å². The van der Waals surface area contributed by atoms with Crippen LogP contribution in [0.1, 0.15) is 31.4 Å². The van der Waals surface area contributed by atoms with E-state index in [4.69, 9.17) is 16.3 Å². The summed E-state index contributed by atoms with van der Waals surface area (Å²) in [7, 11) is -3.39. The highest BCUT2D eigenvalue weighted by molar-refractivity contribution is 7.92. The quantitative estimate of drug-likeness (QED) is 0.536. The zero-order valence-corrected chi connectivity index (χ0v) is 17.8. The van der Waals surface area contributed by atoms with E-state index in [0.29, 0.717) is 43.1 Å². The normalized spacial score (nSPS) is 11.2. The molecule has 0 bridgehead atoms. The van der Waals surface area contributed by atoms with Gasteiger partial charge in [0.15, 0.2) is 0 Å². The molecule has 0 amide bonds. The van der Waals surface area contributed by atoms with Crippen molar-refractivity contribution in [1.82, 2.24) is 0 Å². The first-order valence-corrected chi connectivity index (χ1v) is 11.3. The van der Waals surface area contributed by atoms with Gasteiger partial charge in [0.25, 0.3) is 0 Å². The molecule has 0 aliphatic carbocycles. The number of hydrogen-bond acceptors (Lipinski definition) is 4. The lowest BCUT2D eigenvalue weighted by Gasteiger charge is -2.24. The Balaban J connectivity index is 2.02. The van der Waals surface area contributed by atoms with Crippen LogP contribution in [0.25, 0.3) is 0 Å². The Morgan fingerprint density at radius 3 is 2.07 bits per heavy atom. The van der Waals surface area contributed by atoms with Crippen molar-refractivity contribution in [3.8, 4) is 0 Å². The number of carbonyl (C=O) groups excluding carboxylic acids is 1. The summed E-state index contributed by atoms with van der Waals surface area (Å²) < 4.78 is 31.4. The monoisotopic (exact) mass is 423 g/mol. The smallest absolute Gasteiger partial charge is 0.306 e. The first-order valence-electron chi connectivity index (χ1n) is 9.35. The molecule has 152 valence electrons. The molecule has 2 aromatic carbocycles. The van der Waals surface area contributed by atoms with Crippen molar-refractivity contribution in [2.45, 2.75) is 33.1 Å². The average Bonchev–Trinajstić information content (AvgIpc) is 2.69. The molecule has 0 spiro atoms. The number of rotatable bonds is 10. The van der Waals surface area contributed by atoms with Crippen LogP contribution in [0.2, 0.25) is 5.02 Å². The zero-order valence-electron chi connectivity index (χ0n) is 16.2. The van der Waals surface area contributed by atoms with Crippen molar-refractivity contribution in [2.75, 3.05) is 23.2 Å². The lowest BCUT2D eigenvalue weighted by atomic mass is 10.1. The molecule has 0 heterocycles. The number of halogens is 1. The van der Waals surface area contributed by atoms with Gasteiger partial charge in [-0.05, 0) is 62.1 Å². The second-order valence-corrected chi connectivity index (χ2v) is 8.94. The summed E-state index contributed by atoms with van der Waals surface area (Å²) in [5.41, 5.74) is 2.69. The largest absolute Gasteiger partial charge is 0.466 e. The van der Waals surface area contributed by atoms with Gasteiger partial charge in [0.05, 0.1) is 18.0 Å². The third-order valence-electron chi connectivity index (χ3n) is 4.36. The van der Waals surface area contributed by atoms with Crippen LogP contribution in [0.5, 0.6) is 0 Å². The third kappa shape index (κ3) is 6.53. The fraction of sp³-hybridized carbons (Fsp3) is 0.381. The van der Waals surface area contributed by atoms with Crippen LogP contribution in [0, 0.1) is 0 Å². The van der Waals surface area contributed by atoms with Gasteiger partial charge in [-0.15, -0.1) is 0 Å². The average molecular weight is 424 g/mol. The number of anilines is 1. The number of benzene rings is 2. The highest BCUT2D eigenvalue weighted by atomic mass is 35.5. The molecular formula is C21H26ClNO4S. The van der Waals surface area contributed by atoms with Crippen molar-refractivity contribution in [3.63, 3.8) is 0 Å². The minimum Gasteiger partial charge on any atom is -0.466 e. The summed E-state index contributed by atoms with van der Waals surface area (Å²) in [6.45, 7) is 4.16. The fourth-order valence-corrected chi connectivity index (χ4v) is 4.02. The maximum atomic E-state index is 12.5. The predicted molar refractivity (Wildman–Crippen MR) is 113 cm³/mol. The van der Waals surface area contributed by atoms with Gasteiger partial charge in [-0.25, -0.2) is 8.42 Å². The number of sulfonamides is 1. The summed E-state index contributed by atoms with van der Waals surface area (Å²) in [5, 5.41) is 0.566. The van der Waals surface area contributed by atoms with Crippen molar-refractivity contribution in [1.29, 1.82) is 0 Å². The molecule has 0 saturated carbocycles. The molecule has 28 heavy (non-hydrogen) atoms. The molecule has 0 atom stereocenters. The number of ether oxygens (including phenoxy) is 1. The van der Waals surface area contributed by atoms with E-state index in [2.05, 4.69) is 0 Å². The molecule has 0 unspecified atom stereocenters. The summed E-state index contributed by atoms with van der Waals surface area (Å²) in [4.78, 5) is 11.4. The molecular weight excluding hydrogens is 398 g/mol. The lowest BCUT2D eigenvalue weighted by molar-refractivity contribution is -0.143. The number of nitrogens with zero attached hydrogens (tertiary/aromatic N) is 1. The molecule has 0 fully saturated rings. The molecule has 0 aromatic heterocycles. The van der Waals surface area contributed by atoms with E-state index in [0.717, 1.165) is 11.1 Å². The standard InChI is InChI=1S/C21H26ClNO4S/c1-3-27-21(24)14-9-17-5-7-18(8-6-17)15-16-23(28(25,26)4-2)20-12-10-19(22)11-13-20/h5-8,10-13H,3-4,9,14-16H2,1-2H3. The lowest BCUT2D eigenvalue weighted by Crippen LogP contribution is -2.34. The summed E-state index contributed by atoms with van der Waals surface area (Å²) in [6.07, 6.45) is 1.56. The summed E-state index contributed by atoms with van der Waals surface area (Å²) in [5.74, 6) is -0.169. The van der Waals surface area contributed by atoms with Crippen molar-refractivity contribution < 1.29 is 17.9 Å². The molecule has 0 radical (unpaired) electrons. The maximum Gasteiger partial charge on any atom is 0.306 e. The van der Waals surface area contributed by atoms with Crippen molar-refractivity contribution in [2.24, 2.45) is 0 Å². The predicted octanol–water partition coefficient (Wildman–Crippen LogP) is 4.23. The number of carbonyl (C=O) groups is 1. The fourth-order valence-electron chi connectivity index (χ4n) is 2.77. The van der Waals surface area contributed by atoms with E-state index in [1.165, 1.54) is 4.31 Å². The zero-order chi connectivity index (χ0) is 20.6. The van der Waals surface area contributed by atoms with Crippen LogP contribution >= 0.6 is 11.6 Å². The van der Waals surface area contributed by atoms with Gasteiger partial charge in [-0.2, -0.15) is 0 Å². The van der Waals surface area contributed by atoms with Gasteiger partial charge in [0.2, 0.25) is 10.0 Å². The summed E-state index contributed by atoms with van der Waals surface area (Å²) >= 11 is 5.92. The Labute approximate surface area is 172 Å². The summed E-state index contributed by atoms with van der Waals surface area (Å²) in [6, 6.07) is 14.7. The van der Waals surface area contributed by atoms with Gasteiger partial charge in [0, 0.05) is 18.0 Å². The Kier molecular flexibility index (Phi) is 8.33. The number of esters is 1. The van der Waals surface area contributed by atoms with E-state index in [-0.39, 0.29) is 11.7 Å². The van der Waals surface area contributed by atoms with Crippen LogP contribution in [0.15, 0.2) is 48.5 Å². The van der Waals surface area contributed by atoms with Crippen LogP contribution < -0.4 is 4.31 Å². The Bertz CT molecular complexity index is 864. The Morgan fingerprint density at radius 1 is 0.964 bits per heavy atom. The first-order chi connectivity index (χ1) is 13.4. The van der Waals surface area contributed by atoms with Crippen LogP contribution in [0.4, 0.5) is 5.69 Å². The minimum absolute atomic E-state index is 0.0302. The Morgan fingerprint density at radius 2 is 1.54 bits per heavy atom. The molecule has 7 heteroatoms. The first kappa shape index (κ1) is 22.2. The highest BCUT2D eigenvalue weighted by Crippen LogP contribution is 2.22. The number of aryl methyl sites for hydroxylation is 1. The van der Waals surface area contributed by atoms with E-state index in [1.54, 1.807) is 38.1 Å². The third-order valence-corrected chi connectivity index (χ3v) is 6.41. The SMILES string of the molecule is CCOC(=O)CCc1ccc(CCN(c2ccc(Cl)cc2)S(=O)(=O)CC)cc1. The van der Waals surface area contributed by atoms with Crippen molar-refractivity contribution in [3.05, 3.63) is 64.7 Å². The van der Waals surface area contributed by atoms with E-state index in [1.807, 2.05) is 24.3 Å². The number of hydrogen-bond donors (Lipinski definition) is 0. The molecule has 0 aliphatic heterocycles. The topological polar surface area (TPSA) is 63.7 Å². The van der Waals surface area contributed by atoms with E-state index >= 15 is 0 Å². The van der Waals surface area contributed by atoms with Crippen molar-refractivity contribution >= 4 is 33.3 Å². The molecule has 0 saturated heterocycles. The minimum atomic E-state index is -3.39. The van der Waals surface area contributed by atoms with Gasteiger partial charge in [-0.1, -0.05) is 35.9 Å². The molecule has 5 nitrogen and oxygen atoms in total. The van der Waals surface area contributed by atoms with E-state index in [9.17, 15) is 13.2 Å². The molecule has 0 aliphatic rings.